The summed E-state index contributed by atoms with van der Waals surface area (Å²) in [6.07, 6.45) is 4.09. The van der Waals surface area contributed by atoms with Gasteiger partial charge in [0, 0.05) is 17.0 Å². The van der Waals surface area contributed by atoms with Crippen molar-refractivity contribution in [2.24, 2.45) is 0 Å². The first-order valence-corrected chi connectivity index (χ1v) is 7.12. The Bertz CT molecular complexity index is 820. The molecular weight excluding hydrogens is 264 g/mol. The smallest absolute Gasteiger partial charge is 0.185 e. The summed E-state index contributed by atoms with van der Waals surface area (Å²) >= 11 is 0. The summed E-state index contributed by atoms with van der Waals surface area (Å²) in [5.41, 5.74) is 5.14. The average molecular weight is 280 g/mol. The highest BCUT2D eigenvalue weighted by molar-refractivity contribution is 5.81. The third-order valence-electron chi connectivity index (χ3n) is 3.93. The minimum absolute atomic E-state index is 0.575. The van der Waals surface area contributed by atoms with Gasteiger partial charge in [-0.2, -0.15) is 9.61 Å². The normalized spacial score (nSPS) is 14.6. The number of rotatable bonds is 3. The molecule has 0 unspecified atom stereocenters. The fraction of sp³-hybridized carbons (Fsp3) is 0.312. The van der Waals surface area contributed by atoms with Crippen LogP contribution < -0.4 is 4.74 Å². The molecule has 0 bridgehead atoms. The van der Waals surface area contributed by atoms with E-state index >= 15 is 0 Å². The number of ether oxygens (including phenoxy) is 1. The highest BCUT2D eigenvalue weighted by atomic mass is 16.5. The molecule has 0 N–H and O–H groups in total. The van der Waals surface area contributed by atoms with Crippen LogP contribution in [0, 0.1) is 6.92 Å². The Morgan fingerprint density at radius 2 is 2.05 bits per heavy atom. The van der Waals surface area contributed by atoms with Gasteiger partial charge >= 0.3 is 0 Å². The first-order valence-electron chi connectivity index (χ1n) is 7.12. The summed E-state index contributed by atoms with van der Waals surface area (Å²) in [5.74, 6) is 1.42. The van der Waals surface area contributed by atoms with E-state index in [0.717, 1.165) is 28.2 Å². The predicted molar refractivity (Wildman–Crippen MR) is 79.5 cm³/mol. The lowest BCUT2D eigenvalue weighted by Gasteiger charge is -2.11. The molecule has 0 aliphatic heterocycles. The van der Waals surface area contributed by atoms with Crippen molar-refractivity contribution in [3.8, 4) is 16.9 Å². The van der Waals surface area contributed by atoms with Crippen LogP contribution in [0.25, 0.3) is 16.8 Å². The van der Waals surface area contributed by atoms with Gasteiger partial charge in [-0.25, -0.2) is 0 Å². The number of benzene rings is 1. The molecule has 1 aliphatic rings. The summed E-state index contributed by atoms with van der Waals surface area (Å²) < 4.78 is 7.29. The number of fused-ring (bicyclic) bond motifs is 1. The molecule has 1 aromatic carbocycles. The fourth-order valence-electron chi connectivity index (χ4n) is 2.66. The topological polar surface area (TPSA) is 52.3 Å². The van der Waals surface area contributed by atoms with Crippen LogP contribution in [0.15, 0.2) is 30.6 Å². The van der Waals surface area contributed by atoms with E-state index in [0.29, 0.717) is 5.92 Å². The zero-order chi connectivity index (χ0) is 14.4. The van der Waals surface area contributed by atoms with Crippen LogP contribution in [0.2, 0.25) is 0 Å². The zero-order valence-corrected chi connectivity index (χ0v) is 12.1. The molecular formula is C16H16N4O. The molecule has 106 valence electrons. The Morgan fingerprint density at radius 1 is 1.19 bits per heavy atom. The quantitative estimate of drug-likeness (QED) is 0.740. The van der Waals surface area contributed by atoms with Crippen molar-refractivity contribution in [2.45, 2.75) is 25.7 Å². The van der Waals surface area contributed by atoms with E-state index in [2.05, 4.69) is 34.4 Å². The number of aryl methyl sites for hydroxylation is 1. The molecule has 2 heterocycles. The van der Waals surface area contributed by atoms with Crippen molar-refractivity contribution in [1.29, 1.82) is 0 Å². The summed E-state index contributed by atoms with van der Waals surface area (Å²) in [7, 11) is 1.69. The second-order valence-corrected chi connectivity index (χ2v) is 5.56. The second kappa shape index (κ2) is 4.55. The van der Waals surface area contributed by atoms with E-state index in [9.17, 15) is 0 Å². The van der Waals surface area contributed by atoms with Crippen molar-refractivity contribution < 1.29 is 4.74 Å². The number of hydrogen-bond acceptors (Lipinski definition) is 4. The number of hydrogen-bond donors (Lipinski definition) is 0. The molecule has 3 aromatic rings. The third-order valence-corrected chi connectivity index (χ3v) is 3.93. The molecule has 0 radical (unpaired) electrons. The maximum absolute atomic E-state index is 5.52. The number of methoxy groups -OCH3 is 1. The lowest BCUT2D eigenvalue weighted by Crippen LogP contribution is -2.00. The average Bonchev–Trinajstić information content (AvgIpc) is 3.24. The number of nitrogens with zero attached hydrogens (tertiary/aromatic N) is 4. The molecule has 1 saturated carbocycles. The Morgan fingerprint density at radius 3 is 2.81 bits per heavy atom. The van der Waals surface area contributed by atoms with Gasteiger partial charge in [-0.15, -0.1) is 10.2 Å². The molecule has 0 amide bonds. The summed E-state index contributed by atoms with van der Waals surface area (Å²) in [6, 6.07) is 8.31. The van der Waals surface area contributed by atoms with Crippen LogP contribution in [-0.2, 0) is 0 Å². The molecule has 0 saturated heterocycles. The van der Waals surface area contributed by atoms with Gasteiger partial charge in [-0.1, -0.05) is 11.6 Å². The molecule has 1 aliphatic carbocycles. The van der Waals surface area contributed by atoms with E-state index in [4.69, 9.17) is 4.74 Å². The second-order valence-electron chi connectivity index (χ2n) is 5.56. The summed E-state index contributed by atoms with van der Waals surface area (Å²) in [4.78, 5) is 0. The van der Waals surface area contributed by atoms with Crippen LogP contribution in [0.3, 0.4) is 0 Å². The van der Waals surface area contributed by atoms with Gasteiger partial charge in [-0.3, -0.25) is 0 Å². The largest absolute Gasteiger partial charge is 0.496 e. The maximum atomic E-state index is 5.52. The van der Waals surface area contributed by atoms with Gasteiger partial charge in [0.05, 0.1) is 12.8 Å². The molecule has 5 nitrogen and oxygen atoms in total. The monoisotopic (exact) mass is 280 g/mol. The molecule has 0 atom stereocenters. The fourth-order valence-corrected chi connectivity index (χ4v) is 2.66. The van der Waals surface area contributed by atoms with Crippen molar-refractivity contribution in [2.75, 3.05) is 7.11 Å². The number of aromatic nitrogens is 4. The van der Waals surface area contributed by atoms with E-state index in [1.165, 1.54) is 18.4 Å². The molecule has 21 heavy (non-hydrogen) atoms. The van der Waals surface area contributed by atoms with Gasteiger partial charge in [0.25, 0.3) is 0 Å². The summed E-state index contributed by atoms with van der Waals surface area (Å²) in [5, 5.41) is 12.8. The lowest BCUT2D eigenvalue weighted by molar-refractivity contribution is 0.416. The van der Waals surface area contributed by atoms with Crippen LogP contribution >= 0.6 is 0 Å². The van der Waals surface area contributed by atoms with E-state index in [1.807, 2.05) is 12.1 Å². The van der Waals surface area contributed by atoms with Crippen LogP contribution in [0.4, 0.5) is 0 Å². The highest BCUT2D eigenvalue weighted by Crippen LogP contribution is 2.41. The maximum Gasteiger partial charge on any atom is 0.185 e. The van der Waals surface area contributed by atoms with E-state index in [-0.39, 0.29) is 0 Å². The third kappa shape index (κ3) is 2.05. The minimum Gasteiger partial charge on any atom is -0.496 e. The van der Waals surface area contributed by atoms with Gasteiger partial charge in [0.2, 0.25) is 0 Å². The Balaban J connectivity index is 2.00. The summed E-state index contributed by atoms with van der Waals surface area (Å²) in [6.45, 7) is 2.08. The molecule has 2 aromatic heterocycles. The van der Waals surface area contributed by atoms with Crippen LogP contribution in [0.1, 0.15) is 30.0 Å². The predicted octanol–water partition coefficient (Wildman–Crippen LogP) is 2.99. The Kier molecular flexibility index (Phi) is 2.67. The first-order chi connectivity index (χ1) is 10.3. The van der Waals surface area contributed by atoms with Gasteiger partial charge in [-0.05, 0) is 38.0 Å². The van der Waals surface area contributed by atoms with E-state index < -0.39 is 0 Å². The van der Waals surface area contributed by atoms with Crippen molar-refractivity contribution in [3.63, 3.8) is 0 Å². The lowest BCUT2D eigenvalue weighted by atomic mass is 10.0. The Hall–Kier alpha value is -2.43. The first kappa shape index (κ1) is 12.3. The zero-order valence-electron chi connectivity index (χ0n) is 12.1. The van der Waals surface area contributed by atoms with Crippen LogP contribution in [0.5, 0.6) is 5.75 Å². The standard InChI is InChI=1S/C16H16N4O/c1-10-3-6-15(21-2)12(7-10)13-8-14(11-4-5-11)19-20-9-17-18-16(13)20/h3,6-9,11H,4-5H2,1-2H3. The van der Waals surface area contributed by atoms with Crippen molar-refractivity contribution >= 4 is 5.65 Å². The van der Waals surface area contributed by atoms with Gasteiger partial charge < -0.3 is 4.74 Å². The Labute approximate surface area is 122 Å². The van der Waals surface area contributed by atoms with E-state index in [1.54, 1.807) is 18.0 Å². The minimum atomic E-state index is 0.575. The van der Waals surface area contributed by atoms with Gasteiger partial charge in [0.15, 0.2) is 5.65 Å². The molecule has 5 heteroatoms. The molecule has 1 fully saturated rings. The van der Waals surface area contributed by atoms with Crippen molar-refractivity contribution in [1.82, 2.24) is 19.8 Å². The van der Waals surface area contributed by atoms with Crippen molar-refractivity contribution in [3.05, 3.63) is 41.9 Å². The SMILES string of the molecule is COc1ccc(C)cc1-c1cc(C2CC2)nn2cnnc12. The van der Waals surface area contributed by atoms with Crippen LogP contribution in [-0.4, -0.2) is 26.9 Å². The highest BCUT2D eigenvalue weighted by Gasteiger charge is 2.27. The molecule has 4 rings (SSSR count). The molecule has 0 spiro atoms. The van der Waals surface area contributed by atoms with Gasteiger partial charge in [0.1, 0.15) is 12.1 Å².